The Bertz CT molecular complexity index is 1230. The summed E-state index contributed by atoms with van der Waals surface area (Å²) in [5.74, 6) is 1.72. The number of aromatic hydroxyl groups is 1. The molecule has 1 aliphatic carbocycles. The Morgan fingerprint density at radius 2 is 1.51 bits per heavy atom. The smallest absolute Gasteiger partial charge is 0.165 e. The summed E-state index contributed by atoms with van der Waals surface area (Å²) in [7, 11) is 5.24. The molecule has 0 saturated heterocycles. The summed E-state index contributed by atoms with van der Waals surface area (Å²) in [6.45, 7) is 7.67. The SMILES string of the molecule is C#C.CCN(C)CCOc1ccc(CN(CC)c2ccc(OC)c(OC)c2)cc1F.Oc1ccc2c(c1)CCCC2. The summed E-state index contributed by atoms with van der Waals surface area (Å²) in [4.78, 5) is 4.27. The number of halogens is 1. The number of phenolic OH excluding ortho intramolecular Hbond substituents is 1. The maximum absolute atomic E-state index is 14.4. The predicted molar refractivity (Wildman–Crippen MR) is 166 cm³/mol. The van der Waals surface area contributed by atoms with Crippen LogP contribution in [-0.4, -0.2) is 57.5 Å². The number of benzene rings is 3. The fourth-order valence-corrected chi connectivity index (χ4v) is 4.58. The largest absolute Gasteiger partial charge is 0.508 e. The van der Waals surface area contributed by atoms with Gasteiger partial charge in [-0.2, -0.15) is 0 Å². The highest BCUT2D eigenvalue weighted by molar-refractivity contribution is 5.56. The average molecular weight is 565 g/mol. The molecule has 1 aliphatic rings. The number of rotatable bonds is 11. The lowest BCUT2D eigenvalue weighted by atomic mass is 9.92. The van der Waals surface area contributed by atoms with Gasteiger partial charge in [0, 0.05) is 31.4 Å². The van der Waals surface area contributed by atoms with E-state index in [1.807, 2.05) is 43.4 Å². The van der Waals surface area contributed by atoms with Crippen LogP contribution in [0.15, 0.2) is 54.6 Å². The van der Waals surface area contributed by atoms with Crippen LogP contribution in [-0.2, 0) is 19.4 Å². The van der Waals surface area contributed by atoms with Crippen LogP contribution < -0.4 is 19.1 Å². The highest BCUT2D eigenvalue weighted by atomic mass is 19.1. The molecule has 0 aromatic heterocycles. The summed E-state index contributed by atoms with van der Waals surface area (Å²) < 4.78 is 30.7. The molecule has 0 atom stereocenters. The van der Waals surface area contributed by atoms with E-state index in [1.54, 1.807) is 32.4 Å². The summed E-state index contributed by atoms with van der Waals surface area (Å²) >= 11 is 0. The van der Waals surface area contributed by atoms with E-state index < -0.39 is 0 Å². The van der Waals surface area contributed by atoms with Crippen LogP contribution in [0.3, 0.4) is 0 Å². The number of terminal acetylenes is 1. The fraction of sp³-hybridized carbons (Fsp3) is 0.412. The standard InChI is InChI=1S/C22H31FN2O3.C10H12O.C2H2/c1-6-24(3)12-13-28-20-10-8-17(14-19(20)23)16-25(7-2)18-9-11-21(26-4)22(15-18)27-5;11-10-6-5-8-3-1-2-4-9(8)7-10;1-2/h8-11,14-15H,6-7,12-13,16H2,1-5H3;5-7,11H,1-4H2;1-2H. The van der Waals surface area contributed by atoms with Crippen molar-refractivity contribution >= 4 is 5.69 Å². The molecular weight excluding hydrogens is 519 g/mol. The van der Waals surface area contributed by atoms with Crippen LogP contribution in [0.2, 0.25) is 0 Å². The van der Waals surface area contributed by atoms with Gasteiger partial charge < -0.3 is 29.1 Å². The van der Waals surface area contributed by atoms with E-state index in [-0.39, 0.29) is 5.82 Å². The number of nitrogens with zero attached hydrogens (tertiary/aromatic N) is 2. The maximum Gasteiger partial charge on any atom is 0.165 e. The fourth-order valence-electron chi connectivity index (χ4n) is 4.58. The number of anilines is 1. The van der Waals surface area contributed by atoms with E-state index in [1.165, 1.54) is 30.4 Å². The van der Waals surface area contributed by atoms with E-state index in [0.717, 1.165) is 37.3 Å². The number of aryl methyl sites for hydroxylation is 2. The Hall–Kier alpha value is -3.89. The van der Waals surface area contributed by atoms with E-state index in [4.69, 9.17) is 14.2 Å². The van der Waals surface area contributed by atoms with E-state index >= 15 is 0 Å². The lowest BCUT2D eigenvalue weighted by Crippen LogP contribution is -2.24. The zero-order valence-electron chi connectivity index (χ0n) is 25.2. The normalized spacial score (nSPS) is 11.7. The van der Waals surface area contributed by atoms with Crippen molar-refractivity contribution in [2.45, 2.75) is 46.1 Å². The van der Waals surface area contributed by atoms with Crippen LogP contribution in [0.1, 0.15) is 43.4 Å². The van der Waals surface area contributed by atoms with Crippen LogP contribution in [0.25, 0.3) is 0 Å². The summed E-state index contributed by atoms with van der Waals surface area (Å²) in [5, 5.41) is 9.19. The molecule has 7 heteroatoms. The Labute approximate surface area is 245 Å². The Morgan fingerprint density at radius 1 is 0.829 bits per heavy atom. The Kier molecular flexibility index (Phi) is 14.4. The number of hydrogen-bond donors (Lipinski definition) is 1. The minimum atomic E-state index is -0.333. The molecule has 3 aromatic rings. The second-order valence-corrected chi connectivity index (χ2v) is 9.72. The van der Waals surface area contributed by atoms with Gasteiger partial charge in [-0.05, 0) is 99.3 Å². The van der Waals surface area contributed by atoms with Crippen molar-refractivity contribution in [1.82, 2.24) is 4.90 Å². The molecule has 0 saturated carbocycles. The van der Waals surface area contributed by atoms with Gasteiger partial charge in [0.05, 0.1) is 14.2 Å². The van der Waals surface area contributed by atoms with Gasteiger partial charge in [0.1, 0.15) is 12.4 Å². The van der Waals surface area contributed by atoms with Gasteiger partial charge in [0.2, 0.25) is 0 Å². The molecule has 0 fully saturated rings. The molecule has 41 heavy (non-hydrogen) atoms. The first-order valence-electron chi connectivity index (χ1n) is 14.1. The molecule has 0 unspecified atom stereocenters. The number of methoxy groups -OCH3 is 2. The lowest BCUT2D eigenvalue weighted by Gasteiger charge is -2.24. The van der Waals surface area contributed by atoms with Crippen LogP contribution in [0.4, 0.5) is 10.1 Å². The molecule has 6 nitrogen and oxygen atoms in total. The monoisotopic (exact) mass is 564 g/mol. The molecule has 4 rings (SSSR count). The minimum absolute atomic E-state index is 0.294. The molecular formula is C34H45FN2O4. The molecule has 0 aliphatic heterocycles. The van der Waals surface area contributed by atoms with Gasteiger partial charge in [0.15, 0.2) is 23.1 Å². The van der Waals surface area contributed by atoms with Crippen LogP contribution in [0.5, 0.6) is 23.0 Å². The van der Waals surface area contributed by atoms with E-state index in [2.05, 4.69) is 36.5 Å². The molecule has 222 valence electrons. The van der Waals surface area contributed by atoms with Gasteiger partial charge >= 0.3 is 0 Å². The van der Waals surface area contributed by atoms with Gasteiger partial charge in [-0.25, -0.2) is 4.39 Å². The maximum atomic E-state index is 14.4. The Balaban J connectivity index is 0.000000372. The molecule has 0 heterocycles. The van der Waals surface area contributed by atoms with E-state index in [9.17, 15) is 9.50 Å². The summed E-state index contributed by atoms with van der Waals surface area (Å²) in [6, 6.07) is 16.7. The van der Waals surface area contributed by atoms with Crippen LogP contribution in [0, 0.1) is 18.7 Å². The number of ether oxygens (including phenoxy) is 3. The highest BCUT2D eigenvalue weighted by Gasteiger charge is 2.12. The van der Waals surface area contributed by atoms with Crippen molar-refractivity contribution in [1.29, 1.82) is 0 Å². The summed E-state index contributed by atoms with van der Waals surface area (Å²) in [6.07, 6.45) is 12.9. The van der Waals surface area contributed by atoms with Crippen LogP contribution >= 0.6 is 0 Å². The average Bonchev–Trinajstić information content (AvgIpc) is 3.01. The highest BCUT2D eigenvalue weighted by Crippen LogP contribution is 2.32. The van der Waals surface area contributed by atoms with Crippen molar-refractivity contribution in [2.24, 2.45) is 0 Å². The topological polar surface area (TPSA) is 54.4 Å². The molecule has 0 amide bonds. The van der Waals surface area contributed by atoms with Crippen molar-refractivity contribution in [2.75, 3.05) is 52.4 Å². The summed E-state index contributed by atoms with van der Waals surface area (Å²) in [5.41, 5.74) is 4.64. The van der Waals surface area contributed by atoms with Gasteiger partial charge in [0.25, 0.3) is 0 Å². The first kappa shape index (κ1) is 33.3. The number of phenols is 1. The second kappa shape index (κ2) is 17.7. The predicted octanol–water partition coefficient (Wildman–Crippen LogP) is 6.72. The van der Waals surface area contributed by atoms with Crippen molar-refractivity contribution in [3.05, 3.63) is 77.1 Å². The van der Waals surface area contributed by atoms with E-state index in [0.29, 0.717) is 36.1 Å². The first-order valence-corrected chi connectivity index (χ1v) is 14.1. The van der Waals surface area contributed by atoms with Crippen molar-refractivity contribution in [3.8, 4) is 35.8 Å². The molecule has 3 aromatic carbocycles. The second-order valence-electron chi connectivity index (χ2n) is 9.72. The first-order chi connectivity index (χ1) is 19.9. The minimum Gasteiger partial charge on any atom is -0.508 e. The van der Waals surface area contributed by atoms with Crippen molar-refractivity contribution in [3.63, 3.8) is 0 Å². The molecule has 0 spiro atoms. The number of likely N-dealkylation sites (N-methyl/N-ethyl adjacent to an activating group) is 1. The molecule has 0 radical (unpaired) electrons. The Morgan fingerprint density at radius 3 is 2.15 bits per heavy atom. The van der Waals surface area contributed by atoms with Crippen molar-refractivity contribution < 1.29 is 23.7 Å². The lowest BCUT2D eigenvalue weighted by molar-refractivity contribution is 0.236. The van der Waals surface area contributed by atoms with Gasteiger partial charge in [-0.1, -0.05) is 19.1 Å². The quantitative estimate of drug-likeness (QED) is 0.261. The third-order valence-electron chi connectivity index (χ3n) is 7.09. The number of hydrogen-bond acceptors (Lipinski definition) is 6. The van der Waals surface area contributed by atoms with Gasteiger partial charge in [-0.3, -0.25) is 0 Å². The third kappa shape index (κ3) is 10.2. The van der Waals surface area contributed by atoms with Gasteiger partial charge in [-0.15, -0.1) is 12.8 Å². The third-order valence-corrected chi connectivity index (χ3v) is 7.09. The zero-order valence-corrected chi connectivity index (χ0v) is 25.2. The zero-order chi connectivity index (χ0) is 30.2. The molecule has 1 N–H and O–H groups in total. The molecule has 0 bridgehead atoms. The number of fused-ring (bicyclic) bond motifs is 1.